The van der Waals surface area contributed by atoms with Crippen molar-refractivity contribution in [2.24, 2.45) is 5.92 Å². The average Bonchev–Trinajstić information content (AvgIpc) is 3.25. The van der Waals surface area contributed by atoms with Crippen molar-refractivity contribution in [1.82, 2.24) is 20.8 Å². The summed E-state index contributed by atoms with van der Waals surface area (Å²) in [5.41, 5.74) is 7.48. The van der Waals surface area contributed by atoms with Crippen LogP contribution in [0.4, 0.5) is 11.8 Å². The standard InChI is InChI=1S/C16H28N6O2/c1-11-13(8-18-21-11)9-22(2)15-7-14(12-3-6-24-10-12)19-16(20-15)17-4-5-23/h7,11-13,18,21,23H,3-6,8-10H2,1-2H3,(H,17,19,20). The summed E-state index contributed by atoms with van der Waals surface area (Å²) in [6.07, 6.45) is 0.993. The highest BCUT2D eigenvalue weighted by Gasteiger charge is 2.26. The molecule has 0 radical (unpaired) electrons. The molecule has 0 bridgehead atoms. The average molecular weight is 336 g/mol. The third-order valence-electron chi connectivity index (χ3n) is 4.78. The number of hydrogen-bond donors (Lipinski definition) is 4. The molecule has 1 aromatic rings. The maximum Gasteiger partial charge on any atom is 0.224 e. The molecular weight excluding hydrogens is 308 g/mol. The lowest BCUT2D eigenvalue weighted by atomic mass is 10.0. The Hall–Kier alpha value is -1.48. The van der Waals surface area contributed by atoms with Gasteiger partial charge in [-0.3, -0.25) is 10.9 Å². The minimum atomic E-state index is 0.0578. The number of nitrogens with zero attached hydrogens (tertiary/aromatic N) is 3. The summed E-state index contributed by atoms with van der Waals surface area (Å²) < 4.78 is 5.50. The van der Waals surface area contributed by atoms with E-state index in [0.29, 0.717) is 37.0 Å². The highest BCUT2D eigenvalue weighted by Crippen LogP contribution is 2.27. The minimum absolute atomic E-state index is 0.0578. The number of aromatic nitrogens is 2. The van der Waals surface area contributed by atoms with E-state index >= 15 is 0 Å². The first-order chi connectivity index (χ1) is 11.7. The van der Waals surface area contributed by atoms with Crippen LogP contribution in [-0.2, 0) is 4.74 Å². The molecule has 3 rings (SSSR count). The summed E-state index contributed by atoms with van der Waals surface area (Å²) >= 11 is 0. The van der Waals surface area contributed by atoms with Crippen molar-refractivity contribution in [2.75, 3.05) is 56.7 Å². The molecule has 0 spiro atoms. The third-order valence-corrected chi connectivity index (χ3v) is 4.78. The first-order valence-electron chi connectivity index (χ1n) is 8.68. The zero-order chi connectivity index (χ0) is 16.9. The first-order valence-corrected chi connectivity index (χ1v) is 8.68. The molecule has 2 saturated heterocycles. The van der Waals surface area contributed by atoms with Gasteiger partial charge in [-0.2, -0.15) is 4.98 Å². The molecule has 2 aliphatic rings. The smallest absolute Gasteiger partial charge is 0.224 e. The van der Waals surface area contributed by atoms with E-state index in [4.69, 9.17) is 9.84 Å². The zero-order valence-electron chi connectivity index (χ0n) is 14.5. The molecule has 2 aliphatic heterocycles. The minimum Gasteiger partial charge on any atom is -0.395 e. The summed E-state index contributed by atoms with van der Waals surface area (Å²) in [6.45, 7) is 6.06. The van der Waals surface area contributed by atoms with Crippen molar-refractivity contribution >= 4 is 11.8 Å². The summed E-state index contributed by atoms with van der Waals surface area (Å²) in [7, 11) is 2.07. The lowest BCUT2D eigenvalue weighted by molar-refractivity contribution is 0.193. The van der Waals surface area contributed by atoms with Gasteiger partial charge in [-0.15, -0.1) is 0 Å². The number of rotatable bonds is 7. The molecule has 2 fully saturated rings. The van der Waals surface area contributed by atoms with Crippen molar-refractivity contribution in [3.63, 3.8) is 0 Å². The normalized spacial score (nSPS) is 26.7. The van der Waals surface area contributed by atoms with Crippen LogP contribution in [0.2, 0.25) is 0 Å². The van der Waals surface area contributed by atoms with E-state index in [1.807, 2.05) is 0 Å². The van der Waals surface area contributed by atoms with Crippen LogP contribution in [0.5, 0.6) is 0 Å². The SMILES string of the molecule is CC1NNCC1CN(C)c1cc(C2CCOC2)nc(NCCO)n1. The lowest BCUT2D eigenvalue weighted by Gasteiger charge is -2.25. The van der Waals surface area contributed by atoms with Gasteiger partial charge < -0.3 is 20.1 Å². The molecular formula is C16H28N6O2. The Balaban J connectivity index is 1.77. The molecule has 1 aromatic heterocycles. The van der Waals surface area contributed by atoms with Crippen molar-refractivity contribution in [2.45, 2.75) is 25.3 Å². The first kappa shape index (κ1) is 17.3. The van der Waals surface area contributed by atoms with Gasteiger partial charge in [0.25, 0.3) is 0 Å². The predicted molar refractivity (Wildman–Crippen MR) is 93.1 cm³/mol. The van der Waals surface area contributed by atoms with Gasteiger partial charge in [0.15, 0.2) is 0 Å². The second-order valence-corrected chi connectivity index (χ2v) is 6.64. The van der Waals surface area contributed by atoms with Crippen LogP contribution < -0.4 is 21.1 Å². The van der Waals surface area contributed by atoms with Gasteiger partial charge in [-0.05, 0) is 13.3 Å². The van der Waals surface area contributed by atoms with E-state index in [9.17, 15) is 0 Å². The second kappa shape index (κ2) is 8.06. The van der Waals surface area contributed by atoms with Crippen LogP contribution in [0, 0.1) is 5.92 Å². The Morgan fingerprint density at radius 1 is 1.46 bits per heavy atom. The van der Waals surface area contributed by atoms with E-state index in [2.05, 4.69) is 51.1 Å². The largest absolute Gasteiger partial charge is 0.395 e. The van der Waals surface area contributed by atoms with Crippen LogP contribution in [0.15, 0.2) is 6.07 Å². The molecule has 0 aromatic carbocycles. The molecule has 3 atom stereocenters. The van der Waals surface area contributed by atoms with E-state index in [1.54, 1.807) is 0 Å². The van der Waals surface area contributed by atoms with Crippen LogP contribution in [-0.4, -0.2) is 67.6 Å². The maximum atomic E-state index is 9.04. The van der Waals surface area contributed by atoms with Crippen molar-refractivity contribution in [3.05, 3.63) is 11.8 Å². The highest BCUT2D eigenvalue weighted by molar-refractivity contribution is 5.45. The van der Waals surface area contributed by atoms with E-state index in [0.717, 1.165) is 37.6 Å². The Bertz CT molecular complexity index is 537. The fraction of sp³-hybridized carbons (Fsp3) is 0.750. The van der Waals surface area contributed by atoms with Gasteiger partial charge in [0.2, 0.25) is 5.95 Å². The number of hydrogen-bond acceptors (Lipinski definition) is 8. The molecule has 134 valence electrons. The van der Waals surface area contributed by atoms with Gasteiger partial charge >= 0.3 is 0 Å². The number of aliphatic hydroxyl groups is 1. The van der Waals surface area contributed by atoms with E-state index in [-0.39, 0.29) is 6.61 Å². The van der Waals surface area contributed by atoms with Crippen molar-refractivity contribution in [3.8, 4) is 0 Å². The Kier molecular flexibility index (Phi) is 5.83. The number of anilines is 2. The molecule has 8 nitrogen and oxygen atoms in total. The monoisotopic (exact) mass is 336 g/mol. The van der Waals surface area contributed by atoms with Crippen LogP contribution in [0.3, 0.4) is 0 Å². The summed E-state index contributed by atoms with van der Waals surface area (Å²) in [6, 6.07) is 2.51. The number of ether oxygens (including phenoxy) is 1. The fourth-order valence-electron chi connectivity index (χ4n) is 3.19. The number of hydrazine groups is 1. The van der Waals surface area contributed by atoms with Gasteiger partial charge in [-0.25, -0.2) is 4.98 Å². The van der Waals surface area contributed by atoms with Gasteiger partial charge in [0, 0.05) is 57.2 Å². The number of nitrogens with one attached hydrogen (secondary N) is 3. The predicted octanol–water partition coefficient (Wildman–Crippen LogP) is -0.0666. The Labute approximate surface area is 143 Å². The summed E-state index contributed by atoms with van der Waals surface area (Å²) in [5, 5.41) is 12.1. The van der Waals surface area contributed by atoms with Crippen LogP contribution in [0.25, 0.3) is 0 Å². The van der Waals surface area contributed by atoms with Crippen LogP contribution >= 0.6 is 0 Å². The molecule has 0 amide bonds. The van der Waals surface area contributed by atoms with Crippen molar-refractivity contribution in [1.29, 1.82) is 0 Å². The molecule has 3 heterocycles. The summed E-state index contributed by atoms with van der Waals surface area (Å²) in [5.74, 6) is 2.33. The molecule has 8 heteroatoms. The third kappa shape index (κ3) is 4.13. The molecule has 0 saturated carbocycles. The molecule has 24 heavy (non-hydrogen) atoms. The number of aliphatic hydroxyl groups excluding tert-OH is 1. The zero-order valence-corrected chi connectivity index (χ0v) is 14.5. The maximum absolute atomic E-state index is 9.04. The van der Waals surface area contributed by atoms with Gasteiger partial charge in [0.1, 0.15) is 5.82 Å². The topological polar surface area (TPSA) is 94.6 Å². The van der Waals surface area contributed by atoms with Crippen LogP contribution in [0.1, 0.15) is 25.0 Å². The second-order valence-electron chi connectivity index (χ2n) is 6.64. The molecule has 3 unspecified atom stereocenters. The molecule has 4 N–H and O–H groups in total. The Morgan fingerprint density at radius 3 is 3.00 bits per heavy atom. The highest BCUT2D eigenvalue weighted by atomic mass is 16.5. The fourth-order valence-corrected chi connectivity index (χ4v) is 3.19. The van der Waals surface area contributed by atoms with E-state index < -0.39 is 0 Å². The summed E-state index contributed by atoms with van der Waals surface area (Å²) in [4.78, 5) is 11.4. The lowest BCUT2D eigenvalue weighted by Crippen LogP contribution is -2.34. The van der Waals surface area contributed by atoms with Gasteiger partial charge in [0.05, 0.1) is 18.9 Å². The van der Waals surface area contributed by atoms with Gasteiger partial charge in [-0.1, -0.05) is 0 Å². The quantitative estimate of drug-likeness (QED) is 0.550. The van der Waals surface area contributed by atoms with Crippen molar-refractivity contribution < 1.29 is 9.84 Å². The van der Waals surface area contributed by atoms with E-state index in [1.165, 1.54) is 0 Å². The molecule has 0 aliphatic carbocycles. The Morgan fingerprint density at radius 2 is 2.33 bits per heavy atom.